The van der Waals surface area contributed by atoms with Gasteiger partial charge in [0.25, 0.3) is 0 Å². The number of pyridine rings is 1. The van der Waals surface area contributed by atoms with Crippen LogP contribution in [0.3, 0.4) is 0 Å². The summed E-state index contributed by atoms with van der Waals surface area (Å²) in [5, 5.41) is 4.70. The van der Waals surface area contributed by atoms with E-state index in [9.17, 15) is 4.39 Å². The van der Waals surface area contributed by atoms with Gasteiger partial charge in [0.1, 0.15) is 5.82 Å². The quantitative estimate of drug-likeness (QED) is 0.850. The zero-order valence-electron chi connectivity index (χ0n) is 13.4. The van der Waals surface area contributed by atoms with Crippen LogP contribution in [-0.2, 0) is 19.4 Å². The molecule has 2 aromatic rings. The molecule has 0 saturated heterocycles. The van der Waals surface area contributed by atoms with Gasteiger partial charge in [0.2, 0.25) is 0 Å². The summed E-state index contributed by atoms with van der Waals surface area (Å²) in [6.45, 7) is 7.08. The Labute approximate surface area is 130 Å². The summed E-state index contributed by atoms with van der Waals surface area (Å²) in [6, 6.07) is 1.62. The van der Waals surface area contributed by atoms with Crippen LogP contribution in [0.25, 0.3) is 16.6 Å². The van der Waals surface area contributed by atoms with E-state index in [1.807, 2.05) is 6.92 Å². The Balaban J connectivity index is 2.06. The van der Waals surface area contributed by atoms with Crippen molar-refractivity contribution >= 4 is 16.6 Å². The Kier molecular flexibility index (Phi) is 3.00. The summed E-state index contributed by atoms with van der Waals surface area (Å²) in [7, 11) is 0. The van der Waals surface area contributed by atoms with Crippen LogP contribution in [0.2, 0.25) is 0 Å². The first-order valence-corrected chi connectivity index (χ1v) is 8.15. The number of allylic oxidation sites excluding steroid dienone is 1. The van der Waals surface area contributed by atoms with Crippen molar-refractivity contribution in [3.05, 3.63) is 45.9 Å². The number of hydrogen-bond acceptors (Lipinski definition) is 2. The zero-order chi connectivity index (χ0) is 15.4. The molecular weight excluding hydrogens is 275 g/mol. The topological polar surface area (TPSA) is 24.9 Å². The molecule has 0 amide bonds. The van der Waals surface area contributed by atoms with Crippen LogP contribution in [0, 0.1) is 18.7 Å². The second-order valence-corrected chi connectivity index (χ2v) is 6.81. The van der Waals surface area contributed by atoms with Crippen LogP contribution in [0.15, 0.2) is 12.1 Å². The first kappa shape index (κ1) is 13.7. The number of aryl methyl sites for hydroxylation is 2. The summed E-state index contributed by atoms with van der Waals surface area (Å²) < 4.78 is 14.2. The third-order valence-electron chi connectivity index (χ3n) is 4.88. The first-order valence-electron chi connectivity index (χ1n) is 8.15. The molecule has 0 unspecified atom stereocenters. The molecule has 114 valence electrons. The molecule has 0 radical (unpaired) electrons. The van der Waals surface area contributed by atoms with Gasteiger partial charge in [0, 0.05) is 23.6 Å². The van der Waals surface area contributed by atoms with Gasteiger partial charge in [-0.15, -0.1) is 0 Å². The fourth-order valence-corrected chi connectivity index (χ4v) is 3.88. The van der Waals surface area contributed by atoms with Crippen molar-refractivity contribution in [3.63, 3.8) is 0 Å². The first-order chi connectivity index (χ1) is 10.6. The molecule has 2 aliphatic rings. The molecule has 1 aliphatic carbocycles. The molecule has 0 spiro atoms. The molecule has 0 saturated carbocycles. The van der Waals surface area contributed by atoms with Crippen LogP contribution >= 0.6 is 0 Å². The van der Waals surface area contributed by atoms with Crippen molar-refractivity contribution in [2.24, 2.45) is 5.92 Å². The van der Waals surface area contributed by atoms with Gasteiger partial charge >= 0.3 is 0 Å². The number of rotatable bonds is 1. The van der Waals surface area contributed by atoms with E-state index in [0.29, 0.717) is 5.92 Å². The molecule has 4 rings (SSSR count). The zero-order valence-corrected chi connectivity index (χ0v) is 13.4. The Bertz CT molecular complexity index is 818. The van der Waals surface area contributed by atoms with E-state index < -0.39 is 0 Å². The van der Waals surface area contributed by atoms with Crippen LogP contribution in [0.1, 0.15) is 48.2 Å². The third kappa shape index (κ3) is 1.88. The second-order valence-electron chi connectivity index (χ2n) is 6.81. The monoisotopic (exact) mass is 296 g/mol. The van der Waals surface area contributed by atoms with Crippen molar-refractivity contribution in [3.8, 4) is 0 Å². The van der Waals surface area contributed by atoms with Crippen LogP contribution < -0.4 is 5.32 Å². The number of fused-ring (bicyclic) bond motifs is 2. The predicted octanol–water partition coefficient (Wildman–Crippen LogP) is 4.27. The number of nitrogens with zero attached hydrogens (tertiary/aromatic N) is 1. The van der Waals surface area contributed by atoms with Gasteiger partial charge in [-0.1, -0.05) is 19.9 Å². The molecule has 1 aromatic heterocycles. The van der Waals surface area contributed by atoms with Crippen molar-refractivity contribution in [2.45, 2.75) is 46.6 Å². The van der Waals surface area contributed by atoms with Gasteiger partial charge in [-0.3, -0.25) is 0 Å². The van der Waals surface area contributed by atoms with Crippen LogP contribution in [-0.4, -0.2) is 4.98 Å². The van der Waals surface area contributed by atoms with E-state index in [-0.39, 0.29) is 5.82 Å². The molecule has 2 nitrogen and oxygen atoms in total. The van der Waals surface area contributed by atoms with Gasteiger partial charge in [0.15, 0.2) is 0 Å². The fraction of sp³-hybridized carbons (Fsp3) is 0.421. The maximum absolute atomic E-state index is 14.2. The minimum Gasteiger partial charge on any atom is -0.379 e. The summed E-state index contributed by atoms with van der Waals surface area (Å²) in [5.41, 5.74) is 7.66. The summed E-state index contributed by atoms with van der Waals surface area (Å²) in [4.78, 5) is 4.82. The van der Waals surface area contributed by atoms with Crippen molar-refractivity contribution < 1.29 is 4.39 Å². The second kappa shape index (κ2) is 4.80. The molecule has 1 N–H and O–H groups in total. The average molecular weight is 296 g/mol. The molecule has 0 atom stereocenters. The van der Waals surface area contributed by atoms with Gasteiger partial charge in [-0.25, -0.2) is 9.37 Å². The Hall–Kier alpha value is -1.90. The van der Waals surface area contributed by atoms with Gasteiger partial charge in [-0.05, 0) is 48.8 Å². The van der Waals surface area contributed by atoms with Crippen LogP contribution in [0.4, 0.5) is 4.39 Å². The third-order valence-corrected chi connectivity index (χ3v) is 4.88. The highest BCUT2D eigenvalue weighted by atomic mass is 19.1. The van der Waals surface area contributed by atoms with E-state index in [1.54, 1.807) is 6.07 Å². The molecule has 1 aromatic carbocycles. The van der Waals surface area contributed by atoms with E-state index >= 15 is 0 Å². The predicted molar refractivity (Wildman–Crippen MR) is 88.1 cm³/mol. The number of hydrogen-bond donors (Lipinski definition) is 1. The molecule has 0 bridgehead atoms. The number of aromatic nitrogens is 1. The highest BCUT2D eigenvalue weighted by Crippen LogP contribution is 2.38. The highest BCUT2D eigenvalue weighted by Gasteiger charge is 2.27. The molecule has 22 heavy (non-hydrogen) atoms. The number of nitrogens with one attached hydrogen (secondary N) is 1. The maximum Gasteiger partial charge on any atom is 0.128 e. The Morgan fingerprint density at radius 2 is 2.00 bits per heavy atom. The molecular formula is C19H21FN2. The van der Waals surface area contributed by atoms with Crippen molar-refractivity contribution in [1.29, 1.82) is 0 Å². The smallest absolute Gasteiger partial charge is 0.128 e. The summed E-state index contributed by atoms with van der Waals surface area (Å²) in [5.74, 6) is 0.343. The Morgan fingerprint density at radius 1 is 1.23 bits per heavy atom. The van der Waals surface area contributed by atoms with Crippen molar-refractivity contribution in [2.75, 3.05) is 0 Å². The number of halogens is 1. The Morgan fingerprint density at radius 3 is 2.77 bits per heavy atom. The lowest BCUT2D eigenvalue weighted by Gasteiger charge is -2.21. The van der Waals surface area contributed by atoms with E-state index in [1.165, 1.54) is 22.1 Å². The minimum atomic E-state index is -0.122. The lowest BCUT2D eigenvalue weighted by molar-refractivity contribution is 0.615. The SMILES string of the molecule is Cc1c(F)cc2nc3c(c4c2c1CCC4)CN/C3=C\C(C)C. The van der Waals surface area contributed by atoms with Crippen molar-refractivity contribution in [1.82, 2.24) is 10.3 Å². The lowest BCUT2D eigenvalue weighted by Crippen LogP contribution is -2.09. The molecule has 1 aliphatic heterocycles. The number of benzene rings is 1. The van der Waals surface area contributed by atoms with E-state index in [0.717, 1.165) is 48.3 Å². The summed E-state index contributed by atoms with van der Waals surface area (Å²) >= 11 is 0. The largest absolute Gasteiger partial charge is 0.379 e. The van der Waals surface area contributed by atoms with E-state index in [4.69, 9.17) is 4.98 Å². The van der Waals surface area contributed by atoms with Gasteiger partial charge in [0.05, 0.1) is 16.9 Å². The standard InChI is InChI=1S/C19H21FN2/c1-10(2)7-17-19-14(9-21-17)13-6-4-5-12-11(3)15(20)8-16(22-19)18(12)13/h7-8,10,21H,4-6,9H2,1-3H3/b17-7-. The minimum absolute atomic E-state index is 0.122. The molecule has 2 heterocycles. The van der Waals surface area contributed by atoms with Gasteiger partial charge in [-0.2, -0.15) is 0 Å². The normalized spacial score (nSPS) is 18.1. The molecule has 3 heteroatoms. The maximum atomic E-state index is 14.2. The fourth-order valence-electron chi connectivity index (χ4n) is 3.88. The average Bonchev–Trinajstić information content (AvgIpc) is 2.87. The van der Waals surface area contributed by atoms with E-state index in [2.05, 4.69) is 25.2 Å². The van der Waals surface area contributed by atoms with Gasteiger partial charge < -0.3 is 5.32 Å². The summed E-state index contributed by atoms with van der Waals surface area (Å²) in [6.07, 6.45) is 5.36. The lowest BCUT2D eigenvalue weighted by atomic mass is 9.85. The van der Waals surface area contributed by atoms with Crippen LogP contribution in [0.5, 0.6) is 0 Å². The molecule has 0 fully saturated rings. The highest BCUT2D eigenvalue weighted by molar-refractivity contribution is 5.91.